The first-order valence-corrected chi connectivity index (χ1v) is 14.2. The zero-order chi connectivity index (χ0) is 13.6. The van der Waals surface area contributed by atoms with Gasteiger partial charge < -0.3 is 5.11 Å². The minimum absolute atomic E-state index is 0.00709. The SMILES string of the molecule is OC(I)C(I)(I)C(I)(I)C(I)(I)C(I)(I)I. The fraction of sp³-hybridized carbons (Fsp3) is 1.00. The summed E-state index contributed by atoms with van der Waals surface area (Å²) in [6.45, 7) is 0. The summed E-state index contributed by atoms with van der Waals surface area (Å²) in [5.74, 6) is 0. The Labute approximate surface area is 232 Å². The topological polar surface area (TPSA) is 20.2 Å². The Balaban J connectivity index is 5.53. The summed E-state index contributed by atoms with van der Waals surface area (Å²) in [6, 6.07) is 0. The zero-order valence-electron chi connectivity index (χ0n) is 6.80. The van der Waals surface area contributed by atoms with Crippen LogP contribution in [0.4, 0.5) is 0 Å². The third kappa shape index (κ3) is 5.38. The number of rotatable bonds is 4. The van der Waals surface area contributed by atoms with Crippen molar-refractivity contribution in [2.45, 2.75) is 7.83 Å². The molecule has 0 aliphatic carbocycles. The second kappa shape index (κ2) is 8.57. The van der Waals surface area contributed by atoms with E-state index >= 15 is 0 Å². The molecule has 0 aromatic carbocycles. The lowest BCUT2D eigenvalue weighted by Crippen LogP contribution is -2.56. The number of halogens is 10. The molecule has 0 fully saturated rings. The second-order valence-corrected chi connectivity index (χ2v) is 30.9. The Hall–Kier alpha value is 7.26. The van der Waals surface area contributed by atoms with Gasteiger partial charge in [0, 0.05) is 0 Å². The average molecular weight is 1350 g/mol. The fourth-order valence-corrected chi connectivity index (χ4v) is 11.6. The Kier molecular flexibility index (Phi) is 12.5. The van der Waals surface area contributed by atoms with Gasteiger partial charge in [-0.2, -0.15) is 0 Å². The maximum atomic E-state index is 9.99. The van der Waals surface area contributed by atoms with Crippen LogP contribution in [-0.2, 0) is 0 Å². The third-order valence-electron chi connectivity index (χ3n) is 1.47. The van der Waals surface area contributed by atoms with Gasteiger partial charge in [-0.05, 0) is 22.6 Å². The molecule has 0 spiro atoms. The van der Waals surface area contributed by atoms with E-state index in [1.165, 1.54) is 0 Å². The Morgan fingerprint density at radius 3 is 1.19 bits per heavy atom. The van der Waals surface area contributed by atoms with Crippen molar-refractivity contribution in [3.05, 3.63) is 0 Å². The number of aliphatic hydroxyl groups is 1. The molecule has 1 N–H and O–H groups in total. The van der Waals surface area contributed by atoms with Crippen LogP contribution in [0.15, 0.2) is 0 Å². The maximum absolute atomic E-state index is 9.99. The smallest absolute Gasteiger partial charge is 0.149 e. The number of aliphatic hydroxyl groups excluding tert-OH is 1. The third-order valence-corrected chi connectivity index (χ3v) is 31.0. The van der Waals surface area contributed by atoms with Crippen LogP contribution in [0.2, 0.25) is 0 Å². The number of hydrogen-bond acceptors (Lipinski definition) is 1. The predicted octanol–water partition coefficient (Wildman–Crippen LogP) is 7.40. The Bertz CT molecular complexity index is 252. The summed E-state index contributed by atoms with van der Waals surface area (Å²) in [5.41, 5.74) is 0. The molecule has 16 heavy (non-hydrogen) atoms. The van der Waals surface area contributed by atoms with E-state index in [1.807, 2.05) is 0 Å². The lowest BCUT2D eigenvalue weighted by Gasteiger charge is -2.48. The molecule has 1 unspecified atom stereocenters. The van der Waals surface area contributed by atoms with Crippen LogP contribution in [0.3, 0.4) is 0 Å². The first kappa shape index (κ1) is 23.3. The van der Waals surface area contributed by atoms with Gasteiger partial charge in [-0.3, -0.25) is 0 Å². The molecule has 0 amide bonds. The van der Waals surface area contributed by atoms with Crippen LogP contribution >= 0.6 is 226 Å². The van der Waals surface area contributed by atoms with E-state index in [-0.39, 0.29) is 3.72 Å². The molecular formula is C5H2I10O. The van der Waals surface area contributed by atoms with Crippen molar-refractivity contribution in [1.82, 2.24) is 0 Å². The molecule has 0 aliphatic heterocycles. The summed E-state index contributed by atoms with van der Waals surface area (Å²) < 4.78 is -0.666. The first-order chi connectivity index (χ1) is 6.69. The van der Waals surface area contributed by atoms with Crippen molar-refractivity contribution in [2.75, 3.05) is 0 Å². The van der Waals surface area contributed by atoms with Crippen LogP contribution in [0.25, 0.3) is 0 Å². The summed E-state index contributed by atoms with van der Waals surface area (Å²) in [6.07, 6.45) is 0. The summed E-state index contributed by atoms with van der Waals surface area (Å²) in [7, 11) is 0. The molecule has 1 atom stereocenters. The van der Waals surface area contributed by atoms with Gasteiger partial charge in [0.25, 0.3) is 0 Å². The van der Waals surface area contributed by atoms with Gasteiger partial charge in [0.15, 0.2) is 0 Å². The lowest BCUT2D eigenvalue weighted by atomic mass is 10.2. The van der Waals surface area contributed by atoms with E-state index in [4.69, 9.17) is 0 Å². The molecule has 0 bridgehead atoms. The quantitative estimate of drug-likeness (QED) is 0.230. The fourth-order valence-electron chi connectivity index (χ4n) is 0.537. The Morgan fingerprint density at radius 1 is 0.688 bits per heavy atom. The van der Waals surface area contributed by atoms with Crippen molar-refractivity contribution in [2.24, 2.45) is 0 Å². The molecule has 1 nitrogen and oxygen atoms in total. The van der Waals surface area contributed by atoms with E-state index in [1.54, 1.807) is 0 Å². The zero-order valence-corrected chi connectivity index (χ0v) is 28.4. The van der Waals surface area contributed by atoms with Gasteiger partial charge >= 0.3 is 0 Å². The monoisotopic (exact) mass is 1350 g/mol. The molecule has 98 valence electrons. The largest absolute Gasteiger partial charge is 0.380 e. The van der Waals surface area contributed by atoms with Crippen LogP contribution in [0.1, 0.15) is 0 Å². The second-order valence-electron chi connectivity index (χ2n) is 2.61. The molecule has 0 radical (unpaired) electrons. The summed E-state index contributed by atoms with van der Waals surface area (Å²) in [5, 5.41) is 9.99. The molecule has 0 aromatic rings. The molecule has 0 aromatic heterocycles. The van der Waals surface area contributed by atoms with Gasteiger partial charge in [0.2, 0.25) is 0 Å². The molecule has 0 heterocycles. The highest BCUT2D eigenvalue weighted by Crippen LogP contribution is 2.70. The van der Waals surface area contributed by atoms with Gasteiger partial charge in [0.05, 0.1) is 0 Å². The van der Waals surface area contributed by atoms with Gasteiger partial charge in [-0.15, -0.1) is 0 Å². The molecule has 0 saturated carbocycles. The van der Waals surface area contributed by atoms with Gasteiger partial charge in [0.1, 0.15) is 7.83 Å². The van der Waals surface area contributed by atoms with Gasteiger partial charge in [-0.25, -0.2) is 0 Å². The predicted molar refractivity (Wildman–Crippen MR) is 157 cm³/mol. The minimum Gasteiger partial charge on any atom is -0.380 e. The first-order valence-electron chi connectivity index (χ1n) is 3.22. The minimum atomic E-state index is -0.393. The van der Waals surface area contributed by atoms with E-state index in [9.17, 15) is 5.11 Å². The summed E-state index contributed by atoms with van der Waals surface area (Å²) >= 11 is 24.2. The standard InChI is InChI=1S/C5H2I10O/c6-1(16)2(7,8)3(9,10)4(11,12)5(13,14)15/h1,16H. The molecule has 0 rings (SSSR count). The molecule has 0 saturated heterocycles. The van der Waals surface area contributed by atoms with Gasteiger partial charge in [-0.1, -0.05) is 203 Å². The van der Waals surface area contributed by atoms with E-state index in [0.717, 1.165) is 0 Å². The number of alkyl halides is 10. The lowest BCUT2D eigenvalue weighted by molar-refractivity contribution is 0.273. The van der Waals surface area contributed by atoms with Crippen LogP contribution in [-0.4, -0.2) is 12.9 Å². The van der Waals surface area contributed by atoms with Crippen molar-refractivity contribution >= 4 is 226 Å². The van der Waals surface area contributed by atoms with E-state index in [2.05, 4.69) is 226 Å². The van der Waals surface area contributed by atoms with Crippen LogP contribution in [0.5, 0.6) is 0 Å². The van der Waals surface area contributed by atoms with Crippen molar-refractivity contribution in [3.8, 4) is 0 Å². The maximum Gasteiger partial charge on any atom is 0.149 e. The Morgan fingerprint density at radius 2 is 1.00 bits per heavy atom. The highest BCUT2D eigenvalue weighted by molar-refractivity contribution is 14.3. The molecule has 0 aliphatic rings. The van der Waals surface area contributed by atoms with Crippen molar-refractivity contribution in [1.29, 1.82) is 0 Å². The number of hydrogen-bond donors (Lipinski definition) is 1. The molecule has 11 heteroatoms. The van der Waals surface area contributed by atoms with Crippen molar-refractivity contribution in [3.63, 3.8) is 0 Å². The average Bonchev–Trinajstić information content (AvgIpc) is 2.00. The van der Waals surface area contributed by atoms with Crippen molar-refractivity contribution < 1.29 is 5.11 Å². The van der Waals surface area contributed by atoms with E-state index in [0.29, 0.717) is 0 Å². The normalized spacial score (nSPS) is 17.4. The highest BCUT2D eigenvalue weighted by Gasteiger charge is 2.65. The summed E-state index contributed by atoms with van der Waals surface area (Å²) in [4.78, 5) is 0. The highest BCUT2D eigenvalue weighted by atomic mass is 127. The van der Waals surface area contributed by atoms with Crippen LogP contribution in [0, 0.1) is 0 Å². The molecular weight excluding hydrogens is 1350 g/mol. The van der Waals surface area contributed by atoms with Crippen LogP contribution < -0.4 is 0 Å². The van der Waals surface area contributed by atoms with E-state index < -0.39 is 4.11 Å².